The number of aliphatic hydroxyl groups is 1. The van der Waals surface area contributed by atoms with Gasteiger partial charge in [0.15, 0.2) is 5.78 Å². The van der Waals surface area contributed by atoms with Gasteiger partial charge in [-0.25, -0.2) is 0 Å². The minimum atomic E-state index is -5.89. The second-order valence-electron chi connectivity index (χ2n) is 14.5. The number of carbonyl (C=O) groups is 2. The normalized spacial score (nSPS) is 32.0. The monoisotopic (exact) mass is 608 g/mol. The lowest BCUT2D eigenvalue weighted by atomic mass is 9.50. The molecule has 1 N–H and O–H groups in total. The molecule has 1 aromatic carbocycles. The number of halogens is 5. The van der Waals surface area contributed by atoms with E-state index in [9.17, 15) is 27.9 Å². The van der Waals surface area contributed by atoms with Crippen molar-refractivity contribution in [2.75, 3.05) is 0 Å². The van der Waals surface area contributed by atoms with Crippen LogP contribution in [0.4, 0.5) is 22.0 Å². The van der Waals surface area contributed by atoms with Crippen molar-refractivity contribution in [3.63, 3.8) is 0 Å². The van der Waals surface area contributed by atoms with Gasteiger partial charge in [-0.05, 0) is 91.0 Å². The Labute approximate surface area is 249 Å². The predicted octanol–water partition coefficient (Wildman–Crippen LogP) is 8.56. The molecular formula is C34H41F5O4. The van der Waals surface area contributed by atoms with Crippen LogP contribution in [0.1, 0.15) is 109 Å². The predicted molar refractivity (Wildman–Crippen MR) is 151 cm³/mol. The molecule has 9 heteroatoms. The minimum absolute atomic E-state index is 0.0365. The third-order valence-corrected chi connectivity index (χ3v) is 10.6. The third kappa shape index (κ3) is 5.27. The summed E-state index contributed by atoms with van der Waals surface area (Å²) in [7, 11) is 0. The smallest absolute Gasteiger partial charge is 0.456 e. The molecule has 0 spiro atoms. The summed E-state index contributed by atoms with van der Waals surface area (Å²) in [6.45, 7) is 9.00. The summed E-state index contributed by atoms with van der Waals surface area (Å²) in [5.41, 5.74) is -0.735. The van der Waals surface area contributed by atoms with Crippen molar-refractivity contribution in [2.45, 2.75) is 116 Å². The number of ketones is 1. The maximum absolute atomic E-state index is 15.2. The Kier molecular flexibility index (Phi) is 7.80. The third-order valence-electron chi connectivity index (χ3n) is 10.6. The number of hydrogen-bond donors (Lipinski definition) is 1. The average molecular weight is 609 g/mol. The highest BCUT2D eigenvalue weighted by atomic mass is 19.4. The molecule has 0 amide bonds. The molecule has 0 heterocycles. The number of rotatable bonds is 5. The Morgan fingerprint density at radius 1 is 1.05 bits per heavy atom. The molecule has 2 saturated carbocycles. The zero-order valence-electron chi connectivity index (χ0n) is 25.4. The summed E-state index contributed by atoms with van der Waals surface area (Å²) in [6.07, 6.45) is -3.23. The summed E-state index contributed by atoms with van der Waals surface area (Å²) < 4.78 is 77.3. The molecule has 2 fully saturated rings. The van der Waals surface area contributed by atoms with Gasteiger partial charge in [-0.15, -0.1) is 0 Å². The summed E-state index contributed by atoms with van der Waals surface area (Å²) in [4.78, 5) is 24.7. The standard InChI is InChI=1S/C34H41F5O4/c1-19(43-28(41)18-30(2,3)4)20-6-8-21(9-7-20)26-17-31(5)27(14-15-32(31,42)33(35,36)34(37,38)39)25-12-10-22-16-23(40)11-13-24(22)29(25)26/h6-9,16,19,25-27,42H,10-15,17-18H2,1-5H3/t19-,25?,26+,27?,31-,32-/m0/s1. The number of esters is 1. The van der Waals surface area contributed by atoms with Gasteiger partial charge >= 0.3 is 18.1 Å². The summed E-state index contributed by atoms with van der Waals surface area (Å²) in [5.74, 6) is -6.91. The van der Waals surface area contributed by atoms with Gasteiger partial charge in [0, 0.05) is 17.8 Å². The van der Waals surface area contributed by atoms with Crippen molar-refractivity contribution in [1.82, 2.24) is 0 Å². The van der Waals surface area contributed by atoms with E-state index in [4.69, 9.17) is 4.74 Å². The summed E-state index contributed by atoms with van der Waals surface area (Å²) in [5, 5.41) is 11.4. The van der Waals surface area contributed by atoms with E-state index in [1.807, 2.05) is 32.9 Å². The molecule has 0 radical (unpaired) electrons. The molecule has 0 aromatic heterocycles. The van der Waals surface area contributed by atoms with Gasteiger partial charge in [0.1, 0.15) is 11.7 Å². The molecule has 5 rings (SSSR count). The summed E-state index contributed by atoms with van der Waals surface area (Å²) in [6, 6.07) is 7.25. The number of alkyl halides is 5. The van der Waals surface area contributed by atoms with Crippen molar-refractivity contribution in [2.24, 2.45) is 22.7 Å². The average Bonchev–Trinajstić information content (AvgIpc) is 3.17. The highest BCUT2D eigenvalue weighted by Gasteiger charge is 2.79. The van der Waals surface area contributed by atoms with Crippen LogP contribution in [-0.2, 0) is 14.3 Å². The van der Waals surface area contributed by atoms with Crippen molar-refractivity contribution in [1.29, 1.82) is 0 Å². The van der Waals surface area contributed by atoms with Crippen molar-refractivity contribution >= 4 is 11.8 Å². The minimum Gasteiger partial charge on any atom is -0.458 e. The lowest BCUT2D eigenvalue weighted by Gasteiger charge is -2.56. The first-order valence-electron chi connectivity index (χ1n) is 15.2. The van der Waals surface area contributed by atoms with E-state index in [1.165, 1.54) is 6.92 Å². The molecule has 236 valence electrons. The topological polar surface area (TPSA) is 63.6 Å². The van der Waals surface area contributed by atoms with Gasteiger partial charge in [-0.2, -0.15) is 22.0 Å². The van der Waals surface area contributed by atoms with Gasteiger partial charge in [-0.3, -0.25) is 9.59 Å². The van der Waals surface area contributed by atoms with Crippen LogP contribution in [0.3, 0.4) is 0 Å². The Bertz CT molecular complexity index is 1350. The van der Waals surface area contributed by atoms with Crippen molar-refractivity contribution < 1.29 is 41.4 Å². The van der Waals surface area contributed by atoms with Gasteiger partial charge < -0.3 is 9.84 Å². The quantitative estimate of drug-likeness (QED) is 0.269. The van der Waals surface area contributed by atoms with E-state index in [1.54, 1.807) is 25.1 Å². The molecule has 0 aliphatic heterocycles. The Hall–Kier alpha value is -2.55. The van der Waals surface area contributed by atoms with Crippen LogP contribution in [0.5, 0.6) is 0 Å². The van der Waals surface area contributed by atoms with Crippen LogP contribution in [0.2, 0.25) is 0 Å². The molecule has 6 atom stereocenters. The molecule has 4 aliphatic carbocycles. The number of fused-ring (bicyclic) bond motifs is 4. The zero-order chi connectivity index (χ0) is 31.8. The second kappa shape index (κ2) is 10.5. The maximum Gasteiger partial charge on any atom is 0.456 e. The lowest BCUT2D eigenvalue weighted by molar-refractivity contribution is -0.362. The summed E-state index contributed by atoms with van der Waals surface area (Å²) >= 11 is 0. The van der Waals surface area contributed by atoms with Gasteiger partial charge in [0.05, 0.1) is 6.42 Å². The van der Waals surface area contributed by atoms with E-state index >= 15 is 8.78 Å². The lowest BCUT2D eigenvalue weighted by Crippen LogP contribution is -2.65. The van der Waals surface area contributed by atoms with Crippen LogP contribution in [0, 0.1) is 22.7 Å². The SMILES string of the molecule is C[C@H](OC(=O)CC(C)(C)C)c1ccc([C@H]2C[C@@]3(C)C(CC[C@@]3(O)C(F)(F)C(F)(F)F)C3CCC4=CC(=O)CCC4=C32)cc1. The van der Waals surface area contributed by atoms with E-state index in [2.05, 4.69) is 0 Å². The van der Waals surface area contributed by atoms with E-state index in [0.717, 1.165) is 27.8 Å². The first-order valence-corrected chi connectivity index (χ1v) is 15.2. The van der Waals surface area contributed by atoms with E-state index in [-0.39, 0.29) is 42.3 Å². The number of carbonyl (C=O) groups excluding carboxylic acids is 2. The van der Waals surface area contributed by atoms with Gasteiger partial charge in [-0.1, -0.05) is 57.5 Å². The van der Waals surface area contributed by atoms with Crippen molar-refractivity contribution in [3.05, 3.63) is 58.2 Å². The molecule has 1 aromatic rings. The van der Waals surface area contributed by atoms with Crippen molar-refractivity contribution in [3.8, 4) is 0 Å². The first kappa shape index (κ1) is 31.9. The molecule has 4 nitrogen and oxygen atoms in total. The highest BCUT2D eigenvalue weighted by molar-refractivity contribution is 5.93. The van der Waals surface area contributed by atoms with Crippen LogP contribution in [-0.4, -0.2) is 34.6 Å². The van der Waals surface area contributed by atoms with E-state index in [0.29, 0.717) is 25.7 Å². The second-order valence-corrected chi connectivity index (χ2v) is 14.5. The van der Waals surface area contributed by atoms with Crippen LogP contribution >= 0.6 is 0 Å². The highest BCUT2D eigenvalue weighted by Crippen LogP contribution is 2.70. The van der Waals surface area contributed by atoms with Gasteiger partial charge in [0.2, 0.25) is 0 Å². The Morgan fingerprint density at radius 3 is 2.30 bits per heavy atom. The molecule has 0 saturated heterocycles. The molecule has 2 unspecified atom stereocenters. The number of allylic oxidation sites excluding steroid dienone is 4. The van der Waals surface area contributed by atoms with Crippen LogP contribution in [0.15, 0.2) is 47.1 Å². The zero-order valence-corrected chi connectivity index (χ0v) is 25.4. The van der Waals surface area contributed by atoms with Gasteiger partial charge in [0.25, 0.3) is 0 Å². The molecular weight excluding hydrogens is 567 g/mol. The number of benzene rings is 1. The van der Waals surface area contributed by atoms with E-state index < -0.39 is 47.5 Å². The largest absolute Gasteiger partial charge is 0.458 e. The molecule has 4 aliphatic rings. The fourth-order valence-corrected chi connectivity index (χ4v) is 8.45. The fourth-order valence-electron chi connectivity index (χ4n) is 8.45. The number of ether oxygens (including phenoxy) is 1. The Morgan fingerprint density at radius 2 is 1.70 bits per heavy atom. The first-order chi connectivity index (χ1) is 19.8. The fraction of sp³-hybridized carbons (Fsp3) is 0.647. The molecule has 0 bridgehead atoms. The maximum atomic E-state index is 15.2. The Balaban J connectivity index is 1.55. The molecule has 43 heavy (non-hydrogen) atoms. The number of hydrogen-bond acceptors (Lipinski definition) is 4. The van der Waals surface area contributed by atoms with Crippen LogP contribution in [0.25, 0.3) is 0 Å². The van der Waals surface area contributed by atoms with Crippen LogP contribution < -0.4 is 0 Å².